The smallest absolute Gasteiger partial charge is 0.399 e. The molecule has 2 heterocycles. The molecule has 2 saturated heterocycles. The third-order valence-electron chi connectivity index (χ3n) is 5.88. The van der Waals surface area contributed by atoms with E-state index in [-0.39, 0.29) is 18.3 Å². The minimum Gasteiger partial charge on any atom is -0.399 e. The van der Waals surface area contributed by atoms with E-state index < -0.39 is 8.07 Å². The quantitative estimate of drug-likeness (QED) is 0.774. The molecule has 0 aliphatic carbocycles. The molecule has 0 radical (unpaired) electrons. The molecule has 0 atom stereocenters. The molecule has 3 nitrogen and oxygen atoms in total. The van der Waals surface area contributed by atoms with Crippen LogP contribution in [0.4, 0.5) is 5.69 Å². The van der Waals surface area contributed by atoms with Crippen molar-refractivity contribution in [2.24, 2.45) is 0 Å². The summed E-state index contributed by atoms with van der Waals surface area (Å²) in [5.41, 5.74) is 1.87. The van der Waals surface area contributed by atoms with E-state index >= 15 is 0 Å². The molecular weight excluding hydrogens is 301 g/mol. The highest BCUT2D eigenvalue weighted by Crippen LogP contribution is 2.36. The largest absolute Gasteiger partial charge is 0.494 e. The van der Waals surface area contributed by atoms with E-state index in [1.165, 1.54) is 30.9 Å². The van der Waals surface area contributed by atoms with Gasteiger partial charge in [0.2, 0.25) is 0 Å². The van der Waals surface area contributed by atoms with Crippen molar-refractivity contribution in [1.82, 2.24) is 0 Å². The fourth-order valence-electron chi connectivity index (χ4n) is 3.22. The maximum Gasteiger partial charge on any atom is 0.494 e. The van der Waals surface area contributed by atoms with Gasteiger partial charge in [0, 0.05) is 18.8 Å². The predicted molar refractivity (Wildman–Crippen MR) is 101 cm³/mol. The SMILES string of the molecule is CC1(C)OB(c2cccc(N3CC[Si](C)(C)CC3)c2)OC1(C)C. The summed E-state index contributed by atoms with van der Waals surface area (Å²) >= 11 is 0. The van der Waals surface area contributed by atoms with Crippen LogP contribution in [0.25, 0.3) is 0 Å². The van der Waals surface area contributed by atoms with Gasteiger partial charge in [-0.2, -0.15) is 0 Å². The monoisotopic (exact) mass is 331 g/mol. The van der Waals surface area contributed by atoms with Crippen molar-refractivity contribution >= 4 is 26.3 Å². The molecule has 1 aromatic carbocycles. The summed E-state index contributed by atoms with van der Waals surface area (Å²) in [4.78, 5) is 2.52. The summed E-state index contributed by atoms with van der Waals surface area (Å²) in [5.74, 6) is 0. The number of hydrogen-bond acceptors (Lipinski definition) is 3. The molecule has 0 saturated carbocycles. The lowest BCUT2D eigenvalue weighted by molar-refractivity contribution is 0.00578. The lowest BCUT2D eigenvalue weighted by atomic mass is 9.79. The molecule has 126 valence electrons. The second kappa shape index (κ2) is 5.64. The maximum atomic E-state index is 6.19. The standard InChI is InChI=1S/C18H30BNO2Si/c1-17(2)18(3,4)22-19(21-17)15-8-7-9-16(14-15)20-10-12-23(5,6)13-11-20/h7-9,14H,10-13H2,1-6H3. The van der Waals surface area contributed by atoms with Crippen molar-refractivity contribution < 1.29 is 9.31 Å². The Labute approximate surface area is 142 Å². The molecule has 0 aromatic heterocycles. The zero-order chi connectivity index (χ0) is 16.9. The van der Waals surface area contributed by atoms with Crippen LogP contribution < -0.4 is 10.4 Å². The molecule has 1 aromatic rings. The molecule has 2 aliphatic heterocycles. The number of nitrogens with zero attached hydrogens (tertiary/aromatic N) is 1. The lowest BCUT2D eigenvalue weighted by Crippen LogP contribution is -2.43. The Morgan fingerprint density at radius 1 is 1.00 bits per heavy atom. The Hall–Kier alpha value is -0.778. The van der Waals surface area contributed by atoms with Crippen LogP contribution >= 0.6 is 0 Å². The van der Waals surface area contributed by atoms with Gasteiger partial charge in [-0.3, -0.25) is 0 Å². The zero-order valence-corrected chi connectivity index (χ0v) is 16.5. The number of hydrogen-bond donors (Lipinski definition) is 0. The molecule has 3 rings (SSSR count). The third kappa shape index (κ3) is 3.37. The molecular formula is C18H30BNO2Si. The predicted octanol–water partition coefficient (Wildman–Crippen LogP) is 3.51. The highest BCUT2D eigenvalue weighted by Gasteiger charge is 2.51. The van der Waals surface area contributed by atoms with E-state index in [9.17, 15) is 0 Å². The normalized spacial score (nSPS) is 25.7. The molecule has 2 aliphatic rings. The van der Waals surface area contributed by atoms with Gasteiger partial charge in [0.25, 0.3) is 0 Å². The van der Waals surface area contributed by atoms with Crippen molar-refractivity contribution in [2.75, 3.05) is 18.0 Å². The van der Waals surface area contributed by atoms with Crippen LogP contribution in [0.2, 0.25) is 25.2 Å². The van der Waals surface area contributed by atoms with Crippen LogP contribution in [-0.2, 0) is 9.31 Å². The van der Waals surface area contributed by atoms with Gasteiger partial charge in [-0.15, -0.1) is 0 Å². The van der Waals surface area contributed by atoms with Gasteiger partial charge in [-0.25, -0.2) is 0 Å². The second-order valence-electron chi connectivity index (χ2n) is 8.83. The van der Waals surface area contributed by atoms with E-state index in [4.69, 9.17) is 9.31 Å². The van der Waals surface area contributed by atoms with E-state index in [0.717, 1.165) is 5.46 Å². The van der Waals surface area contributed by atoms with Crippen LogP contribution in [-0.4, -0.2) is 39.5 Å². The second-order valence-corrected chi connectivity index (χ2v) is 14.2. The van der Waals surface area contributed by atoms with Crippen molar-refractivity contribution in [3.63, 3.8) is 0 Å². The first-order valence-corrected chi connectivity index (χ1v) is 12.2. The van der Waals surface area contributed by atoms with Gasteiger partial charge < -0.3 is 14.2 Å². The van der Waals surface area contributed by atoms with Gasteiger partial charge in [0.05, 0.1) is 19.3 Å². The van der Waals surface area contributed by atoms with E-state index in [0.29, 0.717) is 0 Å². The van der Waals surface area contributed by atoms with Crippen molar-refractivity contribution in [3.05, 3.63) is 24.3 Å². The first-order valence-electron chi connectivity index (χ1n) is 8.80. The summed E-state index contributed by atoms with van der Waals surface area (Å²) in [6.07, 6.45) is 0. The first kappa shape index (κ1) is 17.1. The fraction of sp³-hybridized carbons (Fsp3) is 0.667. The summed E-state index contributed by atoms with van der Waals surface area (Å²) in [6.45, 7) is 15.8. The average Bonchev–Trinajstić information content (AvgIpc) is 2.68. The van der Waals surface area contributed by atoms with Gasteiger partial charge in [-0.1, -0.05) is 25.2 Å². The molecule has 0 N–H and O–H groups in total. The summed E-state index contributed by atoms with van der Waals surface area (Å²) in [6, 6.07) is 11.5. The van der Waals surface area contributed by atoms with E-state index in [1.807, 2.05) is 0 Å². The van der Waals surface area contributed by atoms with Crippen molar-refractivity contribution in [2.45, 2.75) is 64.1 Å². The summed E-state index contributed by atoms with van der Waals surface area (Å²) in [5, 5.41) is 0. The van der Waals surface area contributed by atoms with Gasteiger partial charge in [0.1, 0.15) is 0 Å². The number of anilines is 1. The Bertz CT molecular complexity index is 562. The molecule has 0 amide bonds. The maximum absolute atomic E-state index is 6.19. The topological polar surface area (TPSA) is 21.7 Å². The van der Waals surface area contributed by atoms with Gasteiger partial charge >= 0.3 is 7.12 Å². The fourth-order valence-corrected chi connectivity index (χ4v) is 5.22. The van der Waals surface area contributed by atoms with Crippen LogP contribution in [0.15, 0.2) is 24.3 Å². The van der Waals surface area contributed by atoms with Crippen LogP contribution in [0.3, 0.4) is 0 Å². The summed E-state index contributed by atoms with van der Waals surface area (Å²) in [7, 11) is -1.20. The molecule has 0 unspecified atom stereocenters. The Morgan fingerprint density at radius 3 is 2.13 bits per heavy atom. The highest BCUT2D eigenvalue weighted by atomic mass is 28.3. The van der Waals surface area contributed by atoms with Gasteiger partial charge in [0.15, 0.2) is 0 Å². The van der Waals surface area contributed by atoms with Crippen molar-refractivity contribution in [3.8, 4) is 0 Å². The Morgan fingerprint density at radius 2 is 1.57 bits per heavy atom. The summed E-state index contributed by atoms with van der Waals surface area (Å²) < 4.78 is 12.4. The van der Waals surface area contributed by atoms with Crippen LogP contribution in [0, 0.1) is 0 Å². The zero-order valence-electron chi connectivity index (χ0n) is 15.5. The van der Waals surface area contributed by atoms with E-state index in [1.54, 1.807) is 0 Å². The van der Waals surface area contributed by atoms with E-state index in [2.05, 4.69) is 70.0 Å². The minimum atomic E-state index is -0.934. The Balaban J connectivity index is 1.77. The third-order valence-corrected chi connectivity index (χ3v) is 9.03. The molecule has 2 fully saturated rings. The van der Waals surface area contributed by atoms with Crippen LogP contribution in [0.5, 0.6) is 0 Å². The minimum absolute atomic E-state index is 0.268. The van der Waals surface area contributed by atoms with Crippen molar-refractivity contribution in [1.29, 1.82) is 0 Å². The molecule has 5 heteroatoms. The Kier molecular flexibility index (Phi) is 4.18. The molecule has 23 heavy (non-hydrogen) atoms. The van der Waals surface area contributed by atoms with Crippen LogP contribution in [0.1, 0.15) is 27.7 Å². The average molecular weight is 331 g/mol. The molecule has 0 bridgehead atoms. The number of benzene rings is 1. The first-order chi connectivity index (χ1) is 10.6. The highest BCUT2D eigenvalue weighted by molar-refractivity contribution is 6.77. The number of rotatable bonds is 2. The van der Waals surface area contributed by atoms with Gasteiger partial charge in [-0.05, 0) is 57.4 Å². The molecule has 0 spiro atoms. The lowest BCUT2D eigenvalue weighted by Gasteiger charge is -2.37.